The van der Waals surface area contributed by atoms with Gasteiger partial charge in [-0.1, -0.05) is 13.8 Å². The summed E-state index contributed by atoms with van der Waals surface area (Å²) in [6, 6.07) is 13.3. The Labute approximate surface area is 165 Å². The number of hydrazine groups is 1. The lowest BCUT2D eigenvalue weighted by molar-refractivity contribution is 0.0846. The molecule has 2 aromatic rings. The van der Waals surface area contributed by atoms with Crippen LogP contribution in [0.15, 0.2) is 48.5 Å². The molecule has 0 aromatic heterocycles. The van der Waals surface area contributed by atoms with Crippen molar-refractivity contribution in [2.45, 2.75) is 13.8 Å². The standard InChI is InChI=1S/C21H26N2O5/c1-15(2)14-28-19-10-6-17(7-11-19)21(25)23-22-20(24)16-4-8-18(9-5-16)27-13-12-26-3/h4-11,15H,12-14H2,1-3H3,(H,22,24)(H,23,25). The Morgan fingerprint density at radius 2 is 1.25 bits per heavy atom. The minimum Gasteiger partial charge on any atom is -0.493 e. The molecule has 0 atom stereocenters. The van der Waals surface area contributed by atoms with E-state index in [9.17, 15) is 9.59 Å². The normalized spacial score (nSPS) is 10.4. The van der Waals surface area contributed by atoms with Gasteiger partial charge in [-0.3, -0.25) is 20.4 Å². The van der Waals surface area contributed by atoms with Gasteiger partial charge in [0, 0.05) is 18.2 Å². The molecule has 7 heteroatoms. The predicted molar refractivity (Wildman–Crippen MR) is 106 cm³/mol. The summed E-state index contributed by atoms with van der Waals surface area (Å²) in [6.07, 6.45) is 0. The third kappa shape index (κ3) is 6.92. The molecule has 0 fully saturated rings. The first-order valence-corrected chi connectivity index (χ1v) is 9.05. The molecule has 0 saturated heterocycles. The average molecular weight is 386 g/mol. The van der Waals surface area contributed by atoms with Crippen molar-refractivity contribution in [2.75, 3.05) is 26.9 Å². The second-order valence-electron chi connectivity index (χ2n) is 6.50. The largest absolute Gasteiger partial charge is 0.493 e. The highest BCUT2D eigenvalue weighted by molar-refractivity contribution is 5.99. The Morgan fingerprint density at radius 1 is 0.786 bits per heavy atom. The Morgan fingerprint density at radius 3 is 1.68 bits per heavy atom. The zero-order valence-corrected chi connectivity index (χ0v) is 16.4. The van der Waals surface area contributed by atoms with E-state index in [0.29, 0.717) is 48.4 Å². The highest BCUT2D eigenvalue weighted by atomic mass is 16.5. The van der Waals surface area contributed by atoms with Crippen molar-refractivity contribution in [3.8, 4) is 11.5 Å². The van der Waals surface area contributed by atoms with E-state index in [4.69, 9.17) is 14.2 Å². The molecule has 0 unspecified atom stereocenters. The summed E-state index contributed by atoms with van der Waals surface area (Å²) in [5, 5.41) is 0. The van der Waals surface area contributed by atoms with Gasteiger partial charge in [-0.2, -0.15) is 0 Å². The van der Waals surface area contributed by atoms with E-state index in [0.717, 1.165) is 0 Å². The van der Waals surface area contributed by atoms with Gasteiger partial charge in [-0.05, 0) is 54.4 Å². The van der Waals surface area contributed by atoms with Crippen LogP contribution in [0.1, 0.15) is 34.6 Å². The van der Waals surface area contributed by atoms with E-state index in [1.165, 1.54) is 0 Å². The predicted octanol–water partition coefficient (Wildman–Crippen LogP) is 2.82. The van der Waals surface area contributed by atoms with Gasteiger partial charge < -0.3 is 14.2 Å². The number of hydrogen-bond acceptors (Lipinski definition) is 5. The van der Waals surface area contributed by atoms with Crippen LogP contribution in [0.25, 0.3) is 0 Å². The Hall–Kier alpha value is -3.06. The molecule has 0 radical (unpaired) electrons. The van der Waals surface area contributed by atoms with E-state index in [1.807, 2.05) is 0 Å². The smallest absolute Gasteiger partial charge is 0.269 e. The Bertz CT molecular complexity index is 757. The fourth-order valence-electron chi connectivity index (χ4n) is 2.17. The minimum atomic E-state index is -0.423. The van der Waals surface area contributed by atoms with Gasteiger partial charge in [-0.15, -0.1) is 0 Å². The quantitative estimate of drug-likeness (QED) is 0.511. The summed E-state index contributed by atoms with van der Waals surface area (Å²) in [6.45, 7) is 5.65. The lowest BCUT2D eigenvalue weighted by Gasteiger charge is -2.10. The van der Waals surface area contributed by atoms with E-state index in [2.05, 4.69) is 24.7 Å². The molecule has 2 rings (SSSR count). The van der Waals surface area contributed by atoms with Crippen molar-refractivity contribution in [2.24, 2.45) is 5.92 Å². The molecule has 2 aromatic carbocycles. The van der Waals surface area contributed by atoms with Crippen molar-refractivity contribution in [3.63, 3.8) is 0 Å². The van der Waals surface area contributed by atoms with Crippen molar-refractivity contribution >= 4 is 11.8 Å². The summed E-state index contributed by atoms with van der Waals surface area (Å²) in [5.41, 5.74) is 5.61. The van der Waals surface area contributed by atoms with E-state index < -0.39 is 11.8 Å². The number of methoxy groups -OCH3 is 1. The fraction of sp³-hybridized carbons (Fsp3) is 0.333. The number of rotatable bonds is 9. The van der Waals surface area contributed by atoms with Crippen LogP contribution in [0.2, 0.25) is 0 Å². The van der Waals surface area contributed by atoms with Gasteiger partial charge in [0.15, 0.2) is 0 Å². The number of carbonyl (C=O) groups is 2. The molecular formula is C21H26N2O5. The van der Waals surface area contributed by atoms with Gasteiger partial charge in [0.1, 0.15) is 18.1 Å². The molecule has 0 spiro atoms. The topological polar surface area (TPSA) is 85.9 Å². The molecule has 2 amide bonds. The van der Waals surface area contributed by atoms with E-state index >= 15 is 0 Å². The summed E-state index contributed by atoms with van der Waals surface area (Å²) < 4.78 is 15.9. The summed E-state index contributed by atoms with van der Waals surface area (Å²) in [4.78, 5) is 24.3. The first-order valence-electron chi connectivity index (χ1n) is 9.05. The molecular weight excluding hydrogens is 360 g/mol. The number of hydrogen-bond donors (Lipinski definition) is 2. The van der Waals surface area contributed by atoms with Crippen LogP contribution < -0.4 is 20.3 Å². The van der Waals surface area contributed by atoms with Crippen molar-refractivity contribution in [3.05, 3.63) is 59.7 Å². The van der Waals surface area contributed by atoms with Gasteiger partial charge in [0.25, 0.3) is 11.8 Å². The average Bonchev–Trinajstić information content (AvgIpc) is 2.71. The van der Waals surface area contributed by atoms with Gasteiger partial charge in [-0.25, -0.2) is 0 Å². The Kier molecular flexibility index (Phi) is 8.30. The number of nitrogens with one attached hydrogen (secondary N) is 2. The van der Waals surface area contributed by atoms with E-state index in [-0.39, 0.29) is 0 Å². The van der Waals surface area contributed by atoms with Crippen molar-refractivity contribution in [1.82, 2.24) is 10.9 Å². The third-order valence-electron chi connectivity index (χ3n) is 3.66. The van der Waals surface area contributed by atoms with E-state index in [1.54, 1.807) is 55.6 Å². The van der Waals surface area contributed by atoms with Crippen LogP contribution >= 0.6 is 0 Å². The SMILES string of the molecule is COCCOc1ccc(C(=O)NNC(=O)c2ccc(OCC(C)C)cc2)cc1. The summed E-state index contributed by atoms with van der Waals surface area (Å²) in [5.74, 6) is 0.917. The van der Waals surface area contributed by atoms with Crippen LogP contribution in [0.4, 0.5) is 0 Å². The summed E-state index contributed by atoms with van der Waals surface area (Å²) in [7, 11) is 1.60. The van der Waals surface area contributed by atoms with Crippen molar-refractivity contribution < 1.29 is 23.8 Å². The van der Waals surface area contributed by atoms with Gasteiger partial charge >= 0.3 is 0 Å². The lowest BCUT2D eigenvalue weighted by Crippen LogP contribution is -2.41. The van der Waals surface area contributed by atoms with Crippen LogP contribution in [-0.4, -0.2) is 38.7 Å². The van der Waals surface area contributed by atoms with Crippen LogP contribution in [0.5, 0.6) is 11.5 Å². The molecule has 150 valence electrons. The number of carbonyl (C=O) groups excluding carboxylic acids is 2. The van der Waals surface area contributed by atoms with Crippen LogP contribution in [0.3, 0.4) is 0 Å². The molecule has 0 aliphatic heterocycles. The zero-order valence-electron chi connectivity index (χ0n) is 16.4. The van der Waals surface area contributed by atoms with Crippen LogP contribution in [0, 0.1) is 5.92 Å². The molecule has 28 heavy (non-hydrogen) atoms. The molecule has 0 saturated carbocycles. The lowest BCUT2D eigenvalue weighted by atomic mass is 10.2. The molecule has 0 aliphatic rings. The maximum absolute atomic E-state index is 12.2. The maximum atomic E-state index is 12.2. The van der Waals surface area contributed by atoms with Crippen molar-refractivity contribution in [1.29, 1.82) is 0 Å². The zero-order chi connectivity index (χ0) is 20.4. The minimum absolute atomic E-state index is 0.400. The highest BCUT2D eigenvalue weighted by Gasteiger charge is 2.10. The second kappa shape index (κ2) is 10.9. The number of amides is 2. The summed E-state index contributed by atoms with van der Waals surface area (Å²) >= 11 is 0. The van der Waals surface area contributed by atoms with Gasteiger partial charge in [0.2, 0.25) is 0 Å². The second-order valence-corrected chi connectivity index (χ2v) is 6.50. The monoisotopic (exact) mass is 386 g/mol. The first-order chi connectivity index (χ1) is 13.5. The molecule has 7 nitrogen and oxygen atoms in total. The fourth-order valence-corrected chi connectivity index (χ4v) is 2.17. The Balaban J connectivity index is 1.82. The van der Waals surface area contributed by atoms with Crippen LogP contribution in [-0.2, 0) is 4.74 Å². The number of benzene rings is 2. The molecule has 0 heterocycles. The van der Waals surface area contributed by atoms with Gasteiger partial charge in [0.05, 0.1) is 13.2 Å². The number of ether oxygens (including phenoxy) is 3. The highest BCUT2D eigenvalue weighted by Crippen LogP contribution is 2.14. The third-order valence-corrected chi connectivity index (χ3v) is 3.66. The molecule has 0 aliphatic carbocycles. The maximum Gasteiger partial charge on any atom is 0.269 e. The molecule has 2 N–H and O–H groups in total. The first kappa shape index (κ1) is 21.2. The molecule has 0 bridgehead atoms.